The Morgan fingerprint density at radius 2 is 2.05 bits per heavy atom. The van der Waals surface area contributed by atoms with Gasteiger partial charge in [-0.2, -0.15) is 0 Å². The number of rotatable bonds is 3. The summed E-state index contributed by atoms with van der Waals surface area (Å²) < 4.78 is 10.5. The van der Waals surface area contributed by atoms with E-state index in [2.05, 4.69) is 21.3 Å². The highest BCUT2D eigenvalue weighted by Gasteiger charge is 2.42. The Balaban J connectivity index is 1.54. The first-order valence-electron chi connectivity index (χ1n) is 7.30. The van der Waals surface area contributed by atoms with Crippen LogP contribution >= 0.6 is 0 Å². The molecule has 0 N–H and O–H groups in total. The fraction of sp³-hybridized carbons (Fsp3) is 0.600. The van der Waals surface area contributed by atoms with Crippen molar-refractivity contribution in [2.45, 2.75) is 25.5 Å². The molecule has 0 spiro atoms. The van der Waals surface area contributed by atoms with Crippen molar-refractivity contribution in [1.29, 1.82) is 0 Å². The van der Waals surface area contributed by atoms with Crippen LogP contribution in [-0.2, 0) is 11.3 Å². The monoisotopic (exact) mass is 273 g/mol. The van der Waals surface area contributed by atoms with Crippen molar-refractivity contribution in [3.8, 4) is 0 Å². The molecule has 1 aromatic heterocycles. The molecular weight excluding hydrogens is 254 g/mol. The highest BCUT2D eigenvalue weighted by atomic mass is 16.6. The van der Waals surface area contributed by atoms with Gasteiger partial charge >= 0.3 is 0 Å². The summed E-state index contributed by atoms with van der Waals surface area (Å²) >= 11 is 0. The SMILES string of the molecule is COC1[C@@H]2CC[C@H]1CN(Cc1cccc3nonc13)C2. The summed E-state index contributed by atoms with van der Waals surface area (Å²) in [6.45, 7) is 3.17. The predicted octanol–water partition coefficient (Wildman–Crippen LogP) is 2.08. The van der Waals surface area contributed by atoms with Crippen LogP contribution in [0.1, 0.15) is 18.4 Å². The van der Waals surface area contributed by atoms with E-state index in [0.29, 0.717) is 17.9 Å². The molecule has 0 radical (unpaired) electrons. The third kappa shape index (κ3) is 1.93. The second kappa shape index (κ2) is 4.82. The highest BCUT2D eigenvalue weighted by Crippen LogP contribution is 2.39. The van der Waals surface area contributed by atoms with Gasteiger partial charge in [0.15, 0.2) is 0 Å². The Hall–Kier alpha value is -1.46. The molecule has 5 nitrogen and oxygen atoms in total. The maximum absolute atomic E-state index is 5.67. The van der Waals surface area contributed by atoms with Gasteiger partial charge < -0.3 is 4.74 Å². The quantitative estimate of drug-likeness (QED) is 0.857. The van der Waals surface area contributed by atoms with Crippen molar-refractivity contribution in [2.75, 3.05) is 20.2 Å². The largest absolute Gasteiger partial charge is 0.381 e. The average Bonchev–Trinajstić information content (AvgIpc) is 3.02. The molecule has 3 atom stereocenters. The van der Waals surface area contributed by atoms with Gasteiger partial charge in [-0.05, 0) is 46.6 Å². The Labute approximate surface area is 117 Å². The number of fused-ring (bicyclic) bond motifs is 3. The molecular formula is C15H19N3O2. The number of ether oxygens (including phenoxy) is 1. The van der Waals surface area contributed by atoms with Crippen LogP contribution in [0.25, 0.3) is 11.0 Å². The number of hydrogen-bond donors (Lipinski definition) is 0. The summed E-state index contributed by atoms with van der Waals surface area (Å²) in [4.78, 5) is 2.53. The molecule has 1 aliphatic heterocycles. The maximum Gasteiger partial charge on any atom is 0.139 e. The van der Waals surface area contributed by atoms with Gasteiger partial charge in [-0.15, -0.1) is 0 Å². The van der Waals surface area contributed by atoms with E-state index >= 15 is 0 Å². The molecule has 4 rings (SSSR count). The Morgan fingerprint density at radius 3 is 2.80 bits per heavy atom. The summed E-state index contributed by atoms with van der Waals surface area (Å²) in [7, 11) is 1.85. The van der Waals surface area contributed by atoms with Gasteiger partial charge in [0.2, 0.25) is 0 Å². The number of methoxy groups -OCH3 is 1. The molecule has 2 bridgehead atoms. The van der Waals surface area contributed by atoms with Gasteiger partial charge in [-0.25, -0.2) is 4.63 Å². The average molecular weight is 273 g/mol. The van der Waals surface area contributed by atoms with Crippen molar-refractivity contribution in [1.82, 2.24) is 15.2 Å². The molecule has 1 unspecified atom stereocenters. The fourth-order valence-corrected chi connectivity index (χ4v) is 4.01. The van der Waals surface area contributed by atoms with Crippen LogP contribution in [0.2, 0.25) is 0 Å². The number of likely N-dealkylation sites (tertiary alicyclic amines) is 1. The number of hydrogen-bond acceptors (Lipinski definition) is 5. The molecule has 1 saturated carbocycles. The standard InChI is InChI=1S/C15H19N3O2/c1-19-15-11-5-6-12(15)9-18(8-11)7-10-3-2-4-13-14(10)17-20-16-13/h2-4,11-12,15H,5-9H2,1H3/t11-,12+,15?. The summed E-state index contributed by atoms with van der Waals surface area (Å²) in [6, 6.07) is 6.09. The minimum absolute atomic E-state index is 0.468. The van der Waals surface area contributed by atoms with Crippen molar-refractivity contribution in [3.05, 3.63) is 23.8 Å². The van der Waals surface area contributed by atoms with Crippen LogP contribution in [0.3, 0.4) is 0 Å². The highest BCUT2D eigenvalue weighted by molar-refractivity contribution is 5.76. The molecule has 106 valence electrons. The summed E-state index contributed by atoms with van der Waals surface area (Å²) in [5.41, 5.74) is 2.95. The van der Waals surface area contributed by atoms with E-state index in [1.54, 1.807) is 0 Å². The first-order chi connectivity index (χ1) is 9.85. The lowest BCUT2D eigenvalue weighted by atomic mass is 9.94. The topological polar surface area (TPSA) is 51.4 Å². The number of piperidine rings is 1. The van der Waals surface area contributed by atoms with Crippen LogP contribution < -0.4 is 0 Å². The summed E-state index contributed by atoms with van der Waals surface area (Å²) in [5, 5.41) is 7.95. The van der Waals surface area contributed by atoms with E-state index in [1.165, 1.54) is 18.4 Å². The van der Waals surface area contributed by atoms with Gasteiger partial charge in [-0.3, -0.25) is 4.90 Å². The number of benzene rings is 1. The Morgan fingerprint density at radius 1 is 1.25 bits per heavy atom. The minimum atomic E-state index is 0.468. The second-order valence-electron chi connectivity index (χ2n) is 6.04. The lowest BCUT2D eigenvalue weighted by Crippen LogP contribution is -2.45. The predicted molar refractivity (Wildman–Crippen MR) is 74.1 cm³/mol. The fourth-order valence-electron chi connectivity index (χ4n) is 4.01. The third-order valence-electron chi connectivity index (χ3n) is 4.86. The lowest BCUT2D eigenvalue weighted by Gasteiger charge is -2.37. The van der Waals surface area contributed by atoms with Crippen molar-refractivity contribution in [2.24, 2.45) is 11.8 Å². The normalized spacial score (nSPS) is 30.1. The Bertz CT molecular complexity index is 598. The van der Waals surface area contributed by atoms with E-state index in [9.17, 15) is 0 Å². The van der Waals surface area contributed by atoms with Gasteiger partial charge in [-0.1, -0.05) is 12.1 Å². The molecule has 1 aromatic carbocycles. The minimum Gasteiger partial charge on any atom is -0.381 e. The van der Waals surface area contributed by atoms with Gasteiger partial charge in [0.1, 0.15) is 11.0 Å². The van der Waals surface area contributed by atoms with E-state index < -0.39 is 0 Å². The van der Waals surface area contributed by atoms with E-state index in [0.717, 1.165) is 30.7 Å². The zero-order chi connectivity index (χ0) is 13.5. The van der Waals surface area contributed by atoms with Crippen molar-refractivity contribution < 1.29 is 9.37 Å². The molecule has 2 aromatic rings. The molecule has 5 heteroatoms. The maximum atomic E-state index is 5.67. The van der Waals surface area contributed by atoms with E-state index in [-0.39, 0.29) is 0 Å². The van der Waals surface area contributed by atoms with Crippen LogP contribution in [0.4, 0.5) is 0 Å². The Kier molecular flexibility index (Phi) is 2.97. The zero-order valence-electron chi connectivity index (χ0n) is 11.7. The molecule has 2 heterocycles. The van der Waals surface area contributed by atoms with Crippen LogP contribution in [-0.4, -0.2) is 41.5 Å². The summed E-state index contributed by atoms with van der Waals surface area (Å²) in [5.74, 6) is 1.38. The lowest BCUT2D eigenvalue weighted by molar-refractivity contribution is -0.0179. The van der Waals surface area contributed by atoms with Crippen LogP contribution in [0.15, 0.2) is 22.8 Å². The zero-order valence-corrected chi connectivity index (χ0v) is 11.7. The molecule has 0 amide bonds. The van der Waals surface area contributed by atoms with Crippen LogP contribution in [0.5, 0.6) is 0 Å². The van der Waals surface area contributed by atoms with Crippen molar-refractivity contribution >= 4 is 11.0 Å². The van der Waals surface area contributed by atoms with Gasteiger partial charge in [0.05, 0.1) is 6.10 Å². The second-order valence-corrected chi connectivity index (χ2v) is 6.04. The molecule has 1 aliphatic carbocycles. The number of aromatic nitrogens is 2. The first kappa shape index (κ1) is 12.3. The van der Waals surface area contributed by atoms with E-state index in [1.807, 2.05) is 19.2 Å². The van der Waals surface area contributed by atoms with E-state index in [4.69, 9.17) is 9.37 Å². The first-order valence-corrected chi connectivity index (χ1v) is 7.30. The molecule has 2 aliphatic rings. The van der Waals surface area contributed by atoms with Crippen molar-refractivity contribution in [3.63, 3.8) is 0 Å². The molecule has 1 saturated heterocycles. The molecule has 2 fully saturated rings. The van der Waals surface area contributed by atoms with Gasteiger partial charge in [0.25, 0.3) is 0 Å². The van der Waals surface area contributed by atoms with Crippen LogP contribution in [0, 0.1) is 11.8 Å². The molecule has 20 heavy (non-hydrogen) atoms. The summed E-state index contributed by atoms with van der Waals surface area (Å²) in [6.07, 6.45) is 3.07. The van der Waals surface area contributed by atoms with Gasteiger partial charge in [0, 0.05) is 26.7 Å². The third-order valence-corrected chi connectivity index (χ3v) is 4.86. The smallest absolute Gasteiger partial charge is 0.139 e. The number of nitrogens with zero attached hydrogens (tertiary/aromatic N) is 3.